The Bertz CT molecular complexity index is 905. The van der Waals surface area contributed by atoms with Crippen LogP contribution in [0.4, 0.5) is 0 Å². The summed E-state index contributed by atoms with van der Waals surface area (Å²) in [5.41, 5.74) is 4.08. The maximum atomic E-state index is 11.5. The lowest BCUT2D eigenvalue weighted by atomic mass is 10.0. The number of methoxy groups -OCH3 is 1. The summed E-state index contributed by atoms with van der Waals surface area (Å²) in [6, 6.07) is 24.2. The number of ether oxygens (including phenoxy) is 2. The summed E-state index contributed by atoms with van der Waals surface area (Å²) in [6.07, 6.45) is 3.98. The van der Waals surface area contributed by atoms with Gasteiger partial charge >= 0.3 is 5.97 Å². The molecule has 3 aromatic rings. The average Bonchev–Trinajstić information content (AvgIpc) is 2.77. The zero-order chi connectivity index (χ0) is 19.8. The molecule has 0 saturated heterocycles. The third-order valence-corrected chi connectivity index (χ3v) is 5.29. The van der Waals surface area contributed by atoms with Crippen LogP contribution in [0.3, 0.4) is 0 Å². The second kappa shape index (κ2) is 10.00. The molecule has 0 spiro atoms. The summed E-state index contributed by atoms with van der Waals surface area (Å²) in [5.74, 6) is 0.578. The molecule has 0 aromatic heterocycles. The lowest BCUT2D eigenvalue weighted by Crippen LogP contribution is -2.03. The summed E-state index contributed by atoms with van der Waals surface area (Å²) in [6.45, 7) is 0.457. The zero-order valence-electron chi connectivity index (χ0n) is 16.2. The van der Waals surface area contributed by atoms with Gasteiger partial charge in [-0.2, -0.15) is 0 Å². The Balaban J connectivity index is 1.69. The van der Waals surface area contributed by atoms with E-state index >= 15 is 0 Å². The van der Waals surface area contributed by atoms with Gasteiger partial charge in [-0.1, -0.05) is 42.5 Å². The fraction of sp³-hybridized carbons (Fsp3) is 0.208. The number of hydrogen-bond acceptors (Lipinski definition) is 4. The first-order chi connectivity index (χ1) is 13.7. The van der Waals surface area contributed by atoms with Crippen molar-refractivity contribution < 1.29 is 14.3 Å². The van der Waals surface area contributed by atoms with E-state index in [9.17, 15) is 4.79 Å². The van der Waals surface area contributed by atoms with Crippen molar-refractivity contribution in [1.29, 1.82) is 0 Å². The highest BCUT2D eigenvalue weighted by atomic mass is 32.2. The Hall–Kier alpha value is -2.72. The summed E-state index contributed by atoms with van der Waals surface area (Å²) in [5, 5.41) is 0. The summed E-state index contributed by atoms with van der Waals surface area (Å²) >= 11 is 1.73. The van der Waals surface area contributed by atoms with E-state index in [1.54, 1.807) is 23.9 Å². The predicted octanol–water partition coefficient (Wildman–Crippen LogP) is 5.56. The molecule has 0 aliphatic heterocycles. The maximum absolute atomic E-state index is 11.5. The Morgan fingerprint density at radius 1 is 0.893 bits per heavy atom. The molecule has 0 atom stereocenters. The summed E-state index contributed by atoms with van der Waals surface area (Å²) in [4.78, 5) is 12.8. The highest BCUT2D eigenvalue weighted by Crippen LogP contribution is 2.27. The van der Waals surface area contributed by atoms with Crippen LogP contribution in [0, 0.1) is 0 Å². The van der Waals surface area contributed by atoms with Crippen molar-refractivity contribution in [3.8, 4) is 5.75 Å². The molecular formula is C24H24O3S. The van der Waals surface area contributed by atoms with Gasteiger partial charge in [0.25, 0.3) is 0 Å². The van der Waals surface area contributed by atoms with E-state index in [0.717, 1.165) is 24.2 Å². The van der Waals surface area contributed by atoms with Crippen LogP contribution in [0.1, 0.15) is 27.0 Å². The van der Waals surface area contributed by atoms with Gasteiger partial charge in [-0.05, 0) is 66.1 Å². The number of carbonyl (C=O) groups excluding carboxylic acids is 1. The van der Waals surface area contributed by atoms with Crippen molar-refractivity contribution >= 4 is 17.7 Å². The smallest absolute Gasteiger partial charge is 0.337 e. The van der Waals surface area contributed by atoms with Gasteiger partial charge in [0.1, 0.15) is 12.4 Å². The van der Waals surface area contributed by atoms with Crippen molar-refractivity contribution in [2.75, 3.05) is 13.4 Å². The molecule has 144 valence electrons. The van der Waals surface area contributed by atoms with E-state index in [1.165, 1.54) is 23.1 Å². The molecule has 0 saturated carbocycles. The van der Waals surface area contributed by atoms with Gasteiger partial charge in [0.05, 0.1) is 12.7 Å². The van der Waals surface area contributed by atoms with E-state index in [2.05, 4.69) is 48.7 Å². The first-order valence-corrected chi connectivity index (χ1v) is 10.4. The van der Waals surface area contributed by atoms with Crippen molar-refractivity contribution in [3.05, 3.63) is 95.1 Å². The zero-order valence-corrected chi connectivity index (χ0v) is 17.0. The van der Waals surface area contributed by atoms with Gasteiger partial charge in [0, 0.05) is 4.90 Å². The van der Waals surface area contributed by atoms with Crippen LogP contribution in [0.5, 0.6) is 5.75 Å². The number of hydrogen-bond donors (Lipinski definition) is 0. The van der Waals surface area contributed by atoms with Crippen LogP contribution in [0.25, 0.3) is 0 Å². The van der Waals surface area contributed by atoms with E-state index in [1.807, 2.05) is 18.2 Å². The van der Waals surface area contributed by atoms with Crippen LogP contribution in [-0.2, 0) is 24.2 Å². The van der Waals surface area contributed by atoms with Crippen LogP contribution < -0.4 is 4.74 Å². The van der Waals surface area contributed by atoms with E-state index in [4.69, 9.17) is 9.47 Å². The molecule has 0 aliphatic rings. The molecule has 0 amide bonds. The maximum Gasteiger partial charge on any atom is 0.337 e. The quantitative estimate of drug-likeness (QED) is 0.371. The van der Waals surface area contributed by atoms with Gasteiger partial charge in [-0.25, -0.2) is 4.79 Å². The lowest BCUT2D eigenvalue weighted by molar-refractivity contribution is 0.0600. The molecule has 4 heteroatoms. The van der Waals surface area contributed by atoms with Crippen LogP contribution in [0.15, 0.2) is 77.7 Å². The van der Waals surface area contributed by atoms with Crippen LogP contribution >= 0.6 is 11.8 Å². The van der Waals surface area contributed by atoms with E-state index in [0.29, 0.717) is 12.2 Å². The Labute approximate surface area is 170 Å². The predicted molar refractivity (Wildman–Crippen MR) is 114 cm³/mol. The van der Waals surface area contributed by atoms with E-state index in [-0.39, 0.29) is 5.97 Å². The minimum Gasteiger partial charge on any atom is -0.489 e. The second-order valence-electron chi connectivity index (χ2n) is 6.44. The Kier molecular flexibility index (Phi) is 7.15. The molecule has 0 aliphatic carbocycles. The Morgan fingerprint density at radius 2 is 1.64 bits per heavy atom. The standard InChI is InChI=1S/C24H24O3S/c1-26-24(25)20-11-9-19(10-12-20)17-27-23-15-14-22(28-2)16-21(23)13-8-18-6-4-3-5-7-18/h3-7,9-12,14-16H,8,13,17H2,1-2H3. The molecule has 0 N–H and O–H groups in total. The van der Waals surface area contributed by atoms with Crippen LogP contribution in [-0.4, -0.2) is 19.3 Å². The van der Waals surface area contributed by atoms with Gasteiger partial charge in [-0.3, -0.25) is 0 Å². The number of aryl methyl sites for hydroxylation is 2. The van der Waals surface area contributed by atoms with Crippen molar-refractivity contribution in [3.63, 3.8) is 0 Å². The first kappa shape index (κ1) is 20.0. The molecule has 3 rings (SSSR count). The van der Waals surface area contributed by atoms with Crippen molar-refractivity contribution in [2.45, 2.75) is 24.3 Å². The number of carbonyl (C=O) groups is 1. The Morgan fingerprint density at radius 3 is 2.32 bits per heavy atom. The fourth-order valence-corrected chi connectivity index (χ4v) is 3.42. The monoisotopic (exact) mass is 392 g/mol. The molecule has 0 fully saturated rings. The normalized spacial score (nSPS) is 10.5. The number of thioether (sulfide) groups is 1. The van der Waals surface area contributed by atoms with Crippen molar-refractivity contribution in [2.24, 2.45) is 0 Å². The highest BCUT2D eigenvalue weighted by molar-refractivity contribution is 7.98. The van der Waals surface area contributed by atoms with Gasteiger partial charge < -0.3 is 9.47 Å². The lowest BCUT2D eigenvalue weighted by Gasteiger charge is -2.13. The molecule has 3 nitrogen and oxygen atoms in total. The molecule has 28 heavy (non-hydrogen) atoms. The number of esters is 1. The highest BCUT2D eigenvalue weighted by Gasteiger charge is 2.08. The minimum atomic E-state index is -0.330. The van der Waals surface area contributed by atoms with Crippen LogP contribution in [0.2, 0.25) is 0 Å². The summed E-state index contributed by atoms with van der Waals surface area (Å²) < 4.78 is 10.8. The molecule has 0 radical (unpaired) electrons. The molecule has 0 heterocycles. The largest absolute Gasteiger partial charge is 0.489 e. The van der Waals surface area contributed by atoms with Gasteiger partial charge in [0.15, 0.2) is 0 Å². The van der Waals surface area contributed by atoms with Gasteiger partial charge in [-0.15, -0.1) is 11.8 Å². The topological polar surface area (TPSA) is 35.5 Å². The SMILES string of the molecule is COC(=O)c1ccc(COc2ccc(SC)cc2CCc2ccccc2)cc1. The van der Waals surface area contributed by atoms with Crippen molar-refractivity contribution in [1.82, 2.24) is 0 Å². The molecular weight excluding hydrogens is 368 g/mol. The fourth-order valence-electron chi connectivity index (χ4n) is 2.96. The number of rotatable bonds is 8. The molecule has 3 aromatic carbocycles. The second-order valence-corrected chi connectivity index (χ2v) is 7.32. The summed E-state index contributed by atoms with van der Waals surface area (Å²) in [7, 11) is 1.38. The minimum absolute atomic E-state index is 0.330. The van der Waals surface area contributed by atoms with E-state index < -0.39 is 0 Å². The molecule has 0 unspecified atom stereocenters. The third-order valence-electron chi connectivity index (χ3n) is 4.56. The third kappa shape index (κ3) is 5.40. The number of benzene rings is 3. The molecule has 0 bridgehead atoms. The average molecular weight is 393 g/mol. The van der Waals surface area contributed by atoms with Gasteiger partial charge in [0.2, 0.25) is 0 Å². The first-order valence-electron chi connectivity index (χ1n) is 9.20.